The summed E-state index contributed by atoms with van der Waals surface area (Å²) in [5, 5.41) is 3.42. The number of nitrogens with zero attached hydrogens (tertiary/aromatic N) is 3. The van der Waals surface area contributed by atoms with Gasteiger partial charge in [0.15, 0.2) is 5.78 Å². The maximum atomic E-state index is 12.9. The highest BCUT2D eigenvalue weighted by atomic mass is 16.5. The van der Waals surface area contributed by atoms with Gasteiger partial charge in [0, 0.05) is 55.3 Å². The molecule has 2 fully saturated rings. The second-order valence-corrected chi connectivity index (χ2v) is 11.5. The van der Waals surface area contributed by atoms with E-state index in [-0.39, 0.29) is 24.0 Å². The smallest absolute Gasteiger partial charge is 0.151 e. The van der Waals surface area contributed by atoms with E-state index in [4.69, 9.17) is 19.4 Å². The van der Waals surface area contributed by atoms with Crippen molar-refractivity contribution in [1.29, 1.82) is 0 Å². The summed E-state index contributed by atoms with van der Waals surface area (Å²) in [6.45, 7) is 9.72. The summed E-state index contributed by atoms with van der Waals surface area (Å²) in [6, 6.07) is 6.30. The molecule has 2 aromatic rings. The van der Waals surface area contributed by atoms with Crippen molar-refractivity contribution in [2.75, 3.05) is 31.6 Å². The molecule has 0 aromatic carbocycles. The Hall–Kier alpha value is -2.35. The van der Waals surface area contributed by atoms with E-state index in [2.05, 4.69) is 28.4 Å². The lowest BCUT2D eigenvalue weighted by Crippen LogP contribution is -2.33. The zero-order valence-corrected chi connectivity index (χ0v) is 23.4. The standard InChI is InChI=1S/C31H44N4O3/c1-21(2)38-20-25-17-29(23-9-10-23)33-18-28(25)30(22(3)36)35-15-13-27(19-35)37-16-5-4-8-26-12-11-24-7-6-14-32-31(24)34-26/h11-12,17-18,21,23,27,30H,4-10,13-16,19-20H2,1-3H3,(H,32,34)/t27-,30+/m1/s1. The van der Waals surface area contributed by atoms with E-state index in [1.807, 2.05) is 20.0 Å². The van der Waals surface area contributed by atoms with Gasteiger partial charge in [-0.3, -0.25) is 14.7 Å². The van der Waals surface area contributed by atoms with Gasteiger partial charge in [0.1, 0.15) is 5.82 Å². The Kier molecular flexibility index (Phi) is 9.08. The average molecular weight is 521 g/mol. The second kappa shape index (κ2) is 12.7. The fourth-order valence-electron chi connectivity index (χ4n) is 5.72. The van der Waals surface area contributed by atoms with Crippen molar-refractivity contribution < 1.29 is 14.3 Å². The van der Waals surface area contributed by atoms with Crippen molar-refractivity contribution >= 4 is 11.6 Å². The summed E-state index contributed by atoms with van der Waals surface area (Å²) in [5.41, 5.74) is 5.74. The Labute approximate surface area is 227 Å². The van der Waals surface area contributed by atoms with Gasteiger partial charge in [-0.05, 0) is 95.4 Å². The van der Waals surface area contributed by atoms with Gasteiger partial charge in [-0.1, -0.05) is 6.07 Å². The first-order valence-electron chi connectivity index (χ1n) is 14.7. The highest BCUT2D eigenvalue weighted by molar-refractivity contribution is 5.83. The number of nitrogens with one attached hydrogen (secondary N) is 1. The molecule has 1 N–H and O–H groups in total. The van der Waals surface area contributed by atoms with Crippen LogP contribution in [0.15, 0.2) is 24.4 Å². The molecule has 0 radical (unpaired) electrons. The van der Waals surface area contributed by atoms with Crippen LogP contribution in [0.25, 0.3) is 0 Å². The van der Waals surface area contributed by atoms with Gasteiger partial charge < -0.3 is 14.8 Å². The zero-order chi connectivity index (χ0) is 26.5. The Bertz CT molecular complexity index is 1100. The third-order valence-electron chi connectivity index (χ3n) is 7.97. The van der Waals surface area contributed by atoms with Crippen molar-refractivity contribution in [2.45, 2.75) is 103 Å². The second-order valence-electron chi connectivity index (χ2n) is 11.5. The van der Waals surface area contributed by atoms with Crippen molar-refractivity contribution in [1.82, 2.24) is 14.9 Å². The van der Waals surface area contributed by atoms with Crippen LogP contribution < -0.4 is 5.32 Å². The number of pyridine rings is 2. The summed E-state index contributed by atoms with van der Waals surface area (Å²) >= 11 is 0. The van der Waals surface area contributed by atoms with Gasteiger partial charge in [-0.25, -0.2) is 4.98 Å². The number of fused-ring (bicyclic) bond motifs is 1. The molecule has 0 spiro atoms. The Balaban J connectivity index is 1.13. The molecule has 5 rings (SSSR count). The van der Waals surface area contributed by atoms with Gasteiger partial charge >= 0.3 is 0 Å². The monoisotopic (exact) mass is 520 g/mol. The fourth-order valence-corrected chi connectivity index (χ4v) is 5.72. The number of likely N-dealkylation sites (tertiary alicyclic amines) is 1. The molecule has 0 amide bonds. The molecule has 0 unspecified atom stereocenters. The molecule has 2 atom stereocenters. The number of carbonyl (C=O) groups is 1. The van der Waals surface area contributed by atoms with Crippen molar-refractivity contribution in [3.05, 3.63) is 52.5 Å². The van der Waals surface area contributed by atoms with Crippen LogP contribution in [0.3, 0.4) is 0 Å². The van der Waals surface area contributed by atoms with Crippen molar-refractivity contribution in [2.24, 2.45) is 0 Å². The van der Waals surface area contributed by atoms with Crippen LogP contribution in [0.1, 0.15) is 99.3 Å². The Morgan fingerprint density at radius 1 is 1.21 bits per heavy atom. The normalized spacial score (nSPS) is 20.4. The van der Waals surface area contributed by atoms with E-state index >= 15 is 0 Å². The van der Waals surface area contributed by atoms with E-state index < -0.39 is 0 Å². The number of aromatic nitrogens is 2. The van der Waals surface area contributed by atoms with Gasteiger partial charge in [0.05, 0.1) is 24.9 Å². The number of carbonyl (C=O) groups excluding carboxylic acids is 1. The first kappa shape index (κ1) is 27.2. The molecule has 0 bridgehead atoms. The molecule has 206 valence electrons. The number of Topliss-reactive ketones (excluding diaryl/α,β-unsaturated/α-hetero) is 1. The molecule has 1 aliphatic carbocycles. The van der Waals surface area contributed by atoms with E-state index in [1.54, 1.807) is 6.92 Å². The third kappa shape index (κ3) is 6.99. The van der Waals surface area contributed by atoms with Crippen LogP contribution >= 0.6 is 0 Å². The van der Waals surface area contributed by atoms with Crippen LogP contribution in [-0.2, 0) is 33.7 Å². The number of ether oxygens (including phenoxy) is 2. The molecule has 2 aromatic heterocycles. The molecule has 4 heterocycles. The number of hydrogen-bond donors (Lipinski definition) is 1. The van der Waals surface area contributed by atoms with Gasteiger partial charge in [-0.15, -0.1) is 0 Å². The quantitative estimate of drug-likeness (QED) is 0.355. The van der Waals surface area contributed by atoms with Crippen LogP contribution in [-0.4, -0.2) is 59.1 Å². The Morgan fingerprint density at radius 2 is 2.08 bits per heavy atom. The lowest BCUT2D eigenvalue weighted by molar-refractivity contribution is -0.122. The highest BCUT2D eigenvalue weighted by Crippen LogP contribution is 2.40. The molecule has 1 saturated heterocycles. The maximum Gasteiger partial charge on any atom is 0.151 e. The highest BCUT2D eigenvalue weighted by Gasteiger charge is 2.34. The molecule has 3 aliphatic rings. The van der Waals surface area contributed by atoms with E-state index in [1.165, 1.54) is 24.8 Å². The third-order valence-corrected chi connectivity index (χ3v) is 7.97. The SMILES string of the molecule is CC(=O)[C@@H](c1cnc(C2CC2)cc1COC(C)C)N1CC[C@@H](OCCCCc2ccc3c(n2)NCCC3)C1. The minimum atomic E-state index is -0.293. The number of aryl methyl sites for hydroxylation is 2. The number of unbranched alkanes of at least 4 members (excludes halogenated alkanes) is 1. The maximum absolute atomic E-state index is 12.9. The molecule has 7 heteroatoms. The Morgan fingerprint density at radius 3 is 2.87 bits per heavy atom. The predicted molar refractivity (Wildman–Crippen MR) is 149 cm³/mol. The number of ketones is 1. The fraction of sp³-hybridized carbons (Fsp3) is 0.645. The van der Waals surface area contributed by atoms with E-state index in [0.29, 0.717) is 12.5 Å². The van der Waals surface area contributed by atoms with Gasteiger partial charge in [0.25, 0.3) is 0 Å². The van der Waals surface area contributed by atoms with Crippen LogP contribution in [0, 0.1) is 0 Å². The van der Waals surface area contributed by atoms with E-state index in [9.17, 15) is 4.79 Å². The first-order chi connectivity index (χ1) is 18.5. The number of anilines is 1. The first-order valence-corrected chi connectivity index (χ1v) is 14.7. The average Bonchev–Trinajstić information content (AvgIpc) is 3.66. The lowest BCUT2D eigenvalue weighted by atomic mass is 9.97. The molecule has 7 nitrogen and oxygen atoms in total. The van der Waals surface area contributed by atoms with Crippen molar-refractivity contribution in [3.63, 3.8) is 0 Å². The summed E-state index contributed by atoms with van der Waals surface area (Å²) in [4.78, 5) is 24.8. The van der Waals surface area contributed by atoms with Gasteiger partial charge in [0.2, 0.25) is 0 Å². The summed E-state index contributed by atoms with van der Waals surface area (Å²) < 4.78 is 12.3. The summed E-state index contributed by atoms with van der Waals surface area (Å²) in [6.07, 6.45) is 11.0. The number of rotatable bonds is 13. The zero-order valence-electron chi connectivity index (χ0n) is 23.4. The molecule has 38 heavy (non-hydrogen) atoms. The van der Waals surface area contributed by atoms with E-state index in [0.717, 1.165) is 86.7 Å². The van der Waals surface area contributed by atoms with Crippen molar-refractivity contribution in [3.8, 4) is 0 Å². The molecular weight excluding hydrogens is 476 g/mol. The summed E-state index contributed by atoms with van der Waals surface area (Å²) in [5.74, 6) is 1.80. The lowest BCUT2D eigenvalue weighted by Gasteiger charge is -2.28. The summed E-state index contributed by atoms with van der Waals surface area (Å²) in [7, 11) is 0. The van der Waals surface area contributed by atoms with Crippen LogP contribution in [0.2, 0.25) is 0 Å². The molecular formula is C31H44N4O3. The largest absolute Gasteiger partial charge is 0.377 e. The molecule has 1 saturated carbocycles. The minimum Gasteiger partial charge on any atom is -0.377 e. The van der Waals surface area contributed by atoms with Crippen LogP contribution in [0.4, 0.5) is 5.82 Å². The number of hydrogen-bond acceptors (Lipinski definition) is 7. The minimum absolute atomic E-state index is 0.139. The van der Waals surface area contributed by atoms with Crippen LogP contribution in [0.5, 0.6) is 0 Å². The molecule has 2 aliphatic heterocycles. The topological polar surface area (TPSA) is 76.6 Å². The predicted octanol–water partition coefficient (Wildman–Crippen LogP) is 5.38. The van der Waals surface area contributed by atoms with Gasteiger partial charge in [-0.2, -0.15) is 0 Å².